The number of halogens is 2. The van der Waals surface area contributed by atoms with E-state index in [2.05, 4.69) is 0 Å². The molecule has 0 aliphatic heterocycles. The molecule has 0 N–H and O–H groups in total. The van der Waals surface area contributed by atoms with Gasteiger partial charge in [0.15, 0.2) is 5.75 Å². The quantitative estimate of drug-likeness (QED) is 0.595. The Hall–Kier alpha value is -1.26. The third kappa shape index (κ3) is 5.49. The van der Waals surface area contributed by atoms with E-state index in [0.29, 0.717) is 13.0 Å². The molecule has 0 fully saturated rings. The van der Waals surface area contributed by atoms with E-state index in [1.807, 2.05) is 0 Å². The van der Waals surface area contributed by atoms with Crippen LogP contribution in [0.3, 0.4) is 0 Å². The van der Waals surface area contributed by atoms with Gasteiger partial charge in [0.05, 0.1) is 16.7 Å². The number of carbonyl (C=O) groups is 2. The van der Waals surface area contributed by atoms with Gasteiger partial charge in [-0.15, -0.1) is 0 Å². The van der Waals surface area contributed by atoms with Gasteiger partial charge in [0.1, 0.15) is 0 Å². The average Bonchev–Trinajstić information content (AvgIpc) is 2.34. The fourth-order valence-electron chi connectivity index (χ4n) is 1.36. The lowest BCUT2D eigenvalue weighted by atomic mass is 10.2. The maximum Gasteiger partial charge on any atom is 0.311 e. The lowest BCUT2D eigenvalue weighted by Crippen LogP contribution is -2.10. The summed E-state index contributed by atoms with van der Waals surface area (Å²) in [5.41, 5.74) is 0. The number of ether oxygens (including phenoxy) is 2. The van der Waals surface area contributed by atoms with Crippen LogP contribution in [0.1, 0.15) is 26.2 Å². The molecule has 1 rings (SSSR count). The molecule has 1 aromatic rings. The molecule has 0 spiro atoms. The Labute approximate surface area is 121 Å². The third-order valence-corrected chi connectivity index (χ3v) is 2.80. The molecule has 1 aromatic carbocycles. The second-order valence-corrected chi connectivity index (χ2v) is 4.50. The molecule has 6 heteroatoms. The zero-order valence-electron chi connectivity index (χ0n) is 10.4. The first-order valence-electron chi connectivity index (χ1n) is 5.85. The van der Waals surface area contributed by atoms with Gasteiger partial charge in [0.2, 0.25) is 0 Å². The van der Waals surface area contributed by atoms with E-state index in [1.54, 1.807) is 25.1 Å². The van der Waals surface area contributed by atoms with Crippen molar-refractivity contribution >= 4 is 35.1 Å². The van der Waals surface area contributed by atoms with Crippen LogP contribution in [-0.4, -0.2) is 18.5 Å². The Bertz CT molecular complexity index is 440. The third-order valence-electron chi connectivity index (χ3n) is 2.20. The first-order chi connectivity index (χ1) is 9.04. The molecule has 0 atom stereocenters. The second-order valence-electron chi connectivity index (χ2n) is 3.68. The number of esters is 2. The maximum atomic E-state index is 11.6. The molecule has 0 amide bonds. The summed E-state index contributed by atoms with van der Waals surface area (Å²) in [5, 5.41) is 0.539. The number of carbonyl (C=O) groups excluding carboxylic acids is 2. The molecule has 0 aromatic heterocycles. The average molecular weight is 305 g/mol. The first kappa shape index (κ1) is 15.8. The van der Waals surface area contributed by atoms with Gasteiger partial charge >= 0.3 is 11.9 Å². The fourth-order valence-corrected chi connectivity index (χ4v) is 1.83. The summed E-state index contributed by atoms with van der Waals surface area (Å²) < 4.78 is 9.81. The van der Waals surface area contributed by atoms with Gasteiger partial charge in [-0.3, -0.25) is 9.59 Å². The monoisotopic (exact) mass is 304 g/mol. The van der Waals surface area contributed by atoms with Gasteiger partial charge in [-0.25, -0.2) is 0 Å². The van der Waals surface area contributed by atoms with E-state index in [-0.39, 0.29) is 34.6 Å². The van der Waals surface area contributed by atoms with E-state index in [0.717, 1.165) is 0 Å². The largest absolute Gasteiger partial charge is 0.466 e. The summed E-state index contributed by atoms with van der Waals surface area (Å²) in [6, 6.07) is 4.81. The zero-order valence-corrected chi connectivity index (χ0v) is 12.0. The van der Waals surface area contributed by atoms with Crippen LogP contribution in [0, 0.1) is 0 Å². The Morgan fingerprint density at radius 3 is 2.26 bits per heavy atom. The van der Waals surface area contributed by atoms with E-state index in [4.69, 9.17) is 32.7 Å². The van der Waals surface area contributed by atoms with E-state index < -0.39 is 5.97 Å². The molecule has 0 saturated heterocycles. The van der Waals surface area contributed by atoms with Crippen molar-refractivity contribution in [3.8, 4) is 5.75 Å². The molecule has 0 radical (unpaired) electrons. The van der Waals surface area contributed by atoms with Crippen LogP contribution >= 0.6 is 23.2 Å². The van der Waals surface area contributed by atoms with Crippen LogP contribution in [0.2, 0.25) is 10.0 Å². The summed E-state index contributed by atoms with van der Waals surface area (Å²) in [7, 11) is 0. The van der Waals surface area contributed by atoms with Crippen molar-refractivity contribution in [2.75, 3.05) is 6.61 Å². The molecule has 0 unspecified atom stereocenters. The highest BCUT2D eigenvalue weighted by Gasteiger charge is 2.12. The summed E-state index contributed by atoms with van der Waals surface area (Å²) >= 11 is 11.7. The summed E-state index contributed by atoms with van der Waals surface area (Å²) in [6.07, 6.45) is 0.638. The molecule has 0 aliphatic carbocycles. The van der Waals surface area contributed by atoms with Crippen molar-refractivity contribution in [1.29, 1.82) is 0 Å². The second kappa shape index (κ2) is 8.02. The van der Waals surface area contributed by atoms with Crippen LogP contribution < -0.4 is 4.74 Å². The van der Waals surface area contributed by atoms with Gasteiger partial charge in [0.25, 0.3) is 0 Å². The minimum absolute atomic E-state index is 0.0976. The molecule has 104 valence electrons. The summed E-state index contributed by atoms with van der Waals surface area (Å²) in [6.45, 7) is 2.06. The number of para-hydroxylation sites is 1. The Kier molecular flexibility index (Phi) is 6.67. The lowest BCUT2D eigenvalue weighted by Gasteiger charge is -2.07. The molecular formula is C13H14Cl2O4. The molecule has 0 aliphatic rings. The number of benzene rings is 1. The number of rotatable bonds is 6. The van der Waals surface area contributed by atoms with Gasteiger partial charge in [-0.05, 0) is 25.5 Å². The molecule has 0 saturated carbocycles. The highest BCUT2D eigenvalue weighted by Crippen LogP contribution is 2.32. The molecule has 0 heterocycles. The lowest BCUT2D eigenvalue weighted by molar-refractivity contribution is -0.143. The standard InChI is InChI=1S/C13H14Cl2O4/c1-2-18-11(16)7-4-8-12(17)19-13-9(14)5-3-6-10(13)15/h3,5-6H,2,4,7-8H2,1H3. The molecule has 4 nitrogen and oxygen atoms in total. The minimum Gasteiger partial charge on any atom is -0.466 e. The van der Waals surface area contributed by atoms with Crippen molar-refractivity contribution in [1.82, 2.24) is 0 Å². The highest BCUT2D eigenvalue weighted by molar-refractivity contribution is 6.37. The van der Waals surface area contributed by atoms with Gasteiger partial charge in [-0.2, -0.15) is 0 Å². The van der Waals surface area contributed by atoms with Crippen molar-refractivity contribution in [2.24, 2.45) is 0 Å². The maximum absolute atomic E-state index is 11.6. The van der Waals surface area contributed by atoms with Crippen molar-refractivity contribution < 1.29 is 19.1 Å². The molecule has 19 heavy (non-hydrogen) atoms. The van der Waals surface area contributed by atoms with Crippen LogP contribution in [0.4, 0.5) is 0 Å². The molecular weight excluding hydrogens is 291 g/mol. The molecule has 0 bridgehead atoms. The van der Waals surface area contributed by atoms with Crippen molar-refractivity contribution in [2.45, 2.75) is 26.2 Å². The van der Waals surface area contributed by atoms with Crippen molar-refractivity contribution in [3.05, 3.63) is 28.2 Å². The van der Waals surface area contributed by atoms with E-state index in [1.165, 1.54) is 0 Å². The predicted molar refractivity (Wildman–Crippen MR) is 72.6 cm³/mol. The van der Waals surface area contributed by atoms with Crippen LogP contribution in [0.25, 0.3) is 0 Å². The van der Waals surface area contributed by atoms with Crippen molar-refractivity contribution in [3.63, 3.8) is 0 Å². The Morgan fingerprint density at radius 2 is 1.68 bits per heavy atom. The normalized spacial score (nSPS) is 10.1. The zero-order chi connectivity index (χ0) is 14.3. The topological polar surface area (TPSA) is 52.6 Å². The predicted octanol–water partition coefficient (Wildman–Crippen LogP) is 3.63. The van der Waals surface area contributed by atoms with Gasteiger partial charge in [0, 0.05) is 12.8 Å². The van der Waals surface area contributed by atoms with Gasteiger partial charge < -0.3 is 9.47 Å². The van der Waals surface area contributed by atoms with Crippen LogP contribution in [0.5, 0.6) is 5.75 Å². The van der Waals surface area contributed by atoms with Crippen LogP contribution in [-0.2, 0) is 14.3 Å². The van der Waals surface area contributed by atoms with E-state index in [9.17, 15) is 9.59 Å². The van der Waals surface area contributed by atoms with Gasteiger partial charge in [-0.1, -0.05) is 29.3 Å². The number of hydrogen-bond acceptors (Lipinski definition) is 4. The summed E-state index contributed by atoms with van der Waals surface area (Å²) in [4.78, 5) is 22.6. The Morgan fingerprint density at radius 1 is 1.11 bits per heavy atom. The van der Waals surface area contributed by atoms with E-state index >= 15 is 0 Å². The Balaban J connectivity index is 2.41. The number of hydrogen-bond donors (Lipinski definition) is 0. The highest BCUT2D eigenvalue weighted by atomic mass is 35.5. The summed E-state index contributed by atoms with van der Waals surface area (Å²) in [5.74, 6) is -0.669. The smallest absolute Gasteiger partial charge is 0.311 e. The SMILES string of the molecule is CCOC(=O)CCCC(=O)Oc1c(Cl)cccc1Cl. The fraction of sp³-hybridized carbons (Fsp3) is 0.385. The minimum atomic E-state index is -0.487. The first-order valence-corrected chi connectivity index (χ1v) is 6.60. The van der Waals surface area contributed by atoms with Crippen LogP contribution in [0.15, 0.2) is 18.2 Å².